The fourth-order valence-corrected chi connectivity index (χ4v) is 5.59. The molecule has 0 spiro atoms. The Hall–Kier alpha value is -1.13. The second-order valence-electron chi connectivity index (χ2n) is 6.23. The van der Waals surface area contributed by atoms with Gasteiger partial charge < -0.3 is 4.57 Å². The maximum atomic E-state index is 6.47. The monoisotopic (exact) mass is 408 g/mol. The summed E-state index contributed by atoms with van der Waals surface area (Å²) < 4.78 is 2.01. The molecule has 1 aliphatic heterocycles. The van der Waals surface area contributed by atoms with Gasteiger partial charge in [0.1, 0.15) is 0 Å². The minimum Gasteiger partial charge on any atom is -0.336 e. The van der Waals surface area contributed by atoms with Crippen LogP contribution in [0, 0.1) is 0 Å². The standard InChI is InChI=1S/C19H15Cl3N2S/c20-15-3-4-17-14(7-15)10-25-19(17,11-24-6-5-23-12-24)9-13-1-2-16(21)8-18(13)22/h1-8,12H,9-11H2. The number of benzene rings is 2. The number of fused-ring (bicyclic) bond motifs is 1. The third-order valence-corrected chi connectivity index (χ3v) is 6.87. The van der Waals surface area contributed by atoms with Crippen molar-refractivity contribution in [1.82, 2.24) is 9.55 Å². The molecular formula is C19H15Cl3N2S. The first-order valence-electron chi connectivity index (χ1n) is 7.88. The van der Waals surface area contributed by atoms with E-state index in [-0.39, 0.29) is 4.75 Å². The van der Waals surface area contributed by atoms with Crippen molar-refractivity contribution in [3.05, 3.63) is 86.9 Å². The molecule has 1 atom stereocenters. The van der Waals surface area contributed by atoms with Crippen LogP contribution < -0.4 is 0 Å². The van der Waals surface area contributed by atoms with Gasteiger partial charge in [0, 0.05) is 39.8 Å². The van der Waals surface area contributed by atoms with Crippen LogP contribution in [0.25, 0.3) is 0 Å². The predicted octanol–water partition coefficient (Wildman–Crippen LogP) is 6.23. The molecule has 0 bridgehead atoms. The lowest BCUT2D eigenvalue weighted by molar-refractivity contribution is 0.512. The van der Waals surface area contributed by atoms with Crippen molar-refractivity contribution in [2.75, 3.05) is 0 Å². The van der Waals surface area contributed by atoms with Crippen LogP contribution in [0.4, 0.5) is 0 Å². The van der Waals surface area contributed by atoms with Crippen molar-refractivity contribution in [3.63, 3.8) is 0 Å². The molecule has 128 valence electrons. The second kappa shape index (κ2) is 6.88. The van der Waals surface area contributed by atoms with Gasteiger partial charge in [-0.05, 0) is 47.4 Å². The molecule has 6 heteroatoms. The number of rotatable bonds is 4. The Morgan fingerprint density at radius 3 is 2.64 bits per heavy atom. The van der Waals surface area contributed by atoms with Crippen molar-refractivity contribution in [2.45, 2.75) is 23.5 Å². The summed E-state index contributed by atoms with van der Waals surface area (Å²) in [6, 6.07) is 11.9. The van der Waals surface area contributed by atoms with E-state index >= 15 is 0 Å². The second-order valence-corrected chi connectivity index (χ2v) is 8.87. The summed E-state index contributed by atoms with van der Waals surface area (Å²) >= 11 is 20.7. The molecule has 0 saturated carbocycles. The predicted molar refractivity (Wildman–Crippen MR) is 107 cm³/mol. The van der Waals surface area contributed by atoms with Gasteiger partial charge in [-0.1, -0.05) is 46.9 Å². The highest BCUT2D eigenvalue weighted by atomic mass is 35.5. The van der Waals surface area contributed by atoms with E-state index in [1.54, 1.807) is 0 Å². The summed E-state index contributed by atoms with van der Waals surface area (Å²) in [6.07, 6.45) is 6.49. The minimum atomic E-state index is -0.113. The molecule has 0 radical (unpaired) electrons. The molecule has 25 heavy (non-hydrogen) atoms. The van der Waals surface area contributed by atoms with E-state index in [9.17, 15) is 0 Å². The van der Waals surface area contributed by atoms with E-state index < -0.39 is 0 Å². The molecule has 1 aliphatic rings. The minimum absolute atomic E-state index is 0.113. The van der Waals surface area contributed by atoms with E-state index in [4.69, 9.17) is 34.8 Å². The molecule has 2 nitrogen and oxygen atoms in total. The van der Waals surface area contributed by atoms with Gasteiger partial charge in [-0.15, -0.1) is 11.8 Å². The molecular weight excluding hydrogens is 395 g/mol. The van der Waals surface area contributed by atoms with Gasteiger partial charge in [-0.2, -0.15) is 0 Å². The lowest BCUT2D eigenvalue weighted by Gasteiger charge is -2.31. The zero-order chi connectivity index (χ0) is 17.4. The van der Waals surface area contributed by atoms with Gasteiger partial charge in [0.05, 0.1) is 11.1 Å². The van der Waals surface area contributed by atoms with E-state index in [1.807, 2.05) is 54.7 Å². The highest BCUT2D eigenvalue weighted by Crippen LogP contribution is 2.51. The number of hydrogen-bond acceptors (Lipinski definition) is 2. The zero-order valence-corrected chi connectivity index (χ0v) is 16.3. The summed E-state index contributed by atoms with van der Waals surface area (Å²) in [5.41, 5.74) is 3.71. The number of hydrogen-bond donors (Lipinski definition) is 0. The molecule has 1 aromatic heterocycles. The van der Waals surface area contributed by atoms with Crippen LogP contribution in [0.2, 0.25) is 15.1 Å². The number of aromatic nitrogens is 2. The van der Waals surface area contributed by atoms with E-state index in [1.165, 1.54) is 11.1 Å². The maximum Gasteiger partial charge on any atom is 0.0946 e. The summed E-state index contributed by atoms with van der Waals surface area (Å²) in [6.45, 7) is 0.825. The maximum absolute atomic E-state index is 6.47. The molecule has 0 saturated heterocycles. The molecule has 4 rings (SSSR count). The Morgan fingerprint density at radius 2 is 1.88 bits per heavy atom. The first-order chi connectivity index (χ1) is 12.1. The Kier molecular flexibility index (Phi) is 4.76. The Morgan fingerprint density at radius 1 is 1.08 bits per heavy atom. The highest BCUT2D eigenvalue weighted by Gasteiger charge is 2.40. The highest BCUT2D eigenvalue weighted by molar-refractivity contribution is 7.99. The Bertz CT molecular complexity index is 911. The van der Waals surface area contributed by atoms with Gasteiger partial charge >= 0.3 is 0 Å². The van der Waals surface area contributed by atoms with Gasteiger partial charge in [-0.3, -0.25) is 0 Å². The molecule has 2 aromatic carbocycles. The van der Waals surface area contributed by atoms with Crippen LogP contribution in [0.3, 0.4) is 0 Å². The van der Waals surface area contributed by atoms with Gasteiger partial charge in [-0.25, -0.2) is 4.98 Å². The molecule has 0 fully saturated rings. The van der Waals surface area contributed by atoms with Crippen molar-refractivity contribution in [1.29, 1.82) is 0 Å². The van der Waals surface area contributed by atoms with Crippen LogP contribution in [-0.4, -0.2) is 9.55 Å². The number of thioether (sulfide) groups is 1. The number of imidazole rings is 1. The fraction of sp³-hybridized carbons (Fsp3) is 0.211. The average molecular weight is 410 g/mol. The molecule has 2 heterocycles. The van der Waals surface area contributed by atoms with Crippen LogP contribution in [0.15, 0.2) is 55.1 Å². The molecule has 0 aliphatic carbocycles. The Balaban J connectivity index is 1.78. The summed E-state index contributed by atoms with van der Waals surface area (Å²) in [7, 11) is 0. The summed E-state index contributed by atoms with van der Waals surface area (Å²) in [4.78, 5) is 4.19. The van der Waals surface area contributed by atoms with Crippen molar-refractivity contribution >= 4 is 46.6 Å². The first-order valence-corrected chi connectivity index (χ1v) is 10.0. The van der Waals surface area contributed by atoms with Gasteiger partial charge in [0.25, 0.3) is 0 Å². The lowest BCUT2D eigenvalue weighted by Crippen LogP contribution is -2.28. The third-order valence-electron chi connectivity index (χ3n) is 4.55. The molecule has 1 unspecified atom stereocenters. The topological polar surface area (TPSA) is 17.8 Å². The van der Waals surface area contributed by atoms with Crippen molar-refractivity contribution in [2.24, 2.45) is 0 Å². The lowest BCUT2D eigenvalue weighted by atomic mass is 9.88. The number of nitrogens with zero attached hydrogens (tertiary/aromatic N) is 2. The quantitative estimate of drug-likeness (QED) is 0.508. The van der Waals surface area contributed by atoms with Crippen LogP contribution in [0.5, 0.6) is 0 Å². The van der Waals surface area contributed by atoms with Crippen LogP contribution in [-0.2, 0) is 23.5 Å². The van der Waals surface area contributed by atoms with Crippen LogP contribution in [0.1, 0.15) is 16.7 Å². The van der Waals surface area contributed by atoms with Crippen LogP contribution >= 0.6 is 46.6 Å². The third kappa shape index (κ3) is 3.43. The summed E-state index contributed by atoms with van der Waals surface area (Å²) in [5.74, 6) is 0.940. The largest absolute Gasteiger partial charge is 0.336 e. The molecule has 0 amide bonds. The molecule has 0 N–H and O–H groups in total. The average Bonchev–Trinajstić information content (AvgIpc) is 3.19. The SMILES string of the molecule is Clc1ccc(CC2(Cn3ccnc3)SCc3cc(Cl)ccc32)c(Cl)c1. The zero-order valence-electron chi connectivity index (χ0n) is 13.3. The van der Waals surface area contributed by atoms with Gasteiger partial charge in [0.2, 0.25) is 0 Å². The number of halogens is 3. The normalized spacial score (nSPS) is 19.2. The van der Waals surface area contributed by atoms with Gasteiger partial charge in [0.15, 0.2) is 0 Å². The van der Waals surface area contributed by atoms with Crippen molar-refractivity contribution in [3.8, 4) is 0 Å². The fourth-order valence-electron chi connectivity index (χ4n) is 3.40. The molecule has 3 aromatic rings. The first kappa shape index (κ1) is 17.3. The van der Waals surface area contributed by atoms with Crippen molar-refractivity contribution < 1.29 is 0 Å². The summed E-state index contributed by atoms with van der Waals surface area (Å²) in [5, 5.41) is 2.14. The Labute approximate surface area is 166 Å². The van der Waals surface area contributed by atoms with E-state index in [2.05, 4.69) is 21.7 Å². The van der Waals surface area contributed by atoms with E-state index in [0.29, 0.717) is 10.0 Å². The smallest absolute Gasteiger partial charge is 0.0946 e. The van der Waals surface area contributed by atoms with E-state index in [0.717, 1.165) is 29.3 Å².